The summed E-state index contributed by atoms with van der Waals surface area (Å²) in [6.07, 6.45) is 1.35. The molecule has 0 saturated heterocycles. The van der Waals surface area contributed by atoms with Crippen molar-refractivity contribution in [1.82, 2.24) is 5.32 Å². The zero-order chi connectivity index (χ0) is 12.5. The van der Waals surface area contributed by atoms with E-state index in [2.05, 4.69) is 5.32 Å². The van der Waals surface area contributed by atoms with Crippen LogP contribution in [0.2, 0.25) is 0 Å². The van der Waals surface area contributed by atoms with E-state index in [1.807, 2.05) is 7.05 Å². The number of sulfone groups is 1. The van der Waals surface area contributed by atoms with E-state index in [4.69, 9.17) is 0 Å². The molecule has 0 aromatic heterocycles. The third-order valence-electron chi connectivity index (χ3n) is 2.77. The van der Waals surface area contributed by atoms with Crippen LogP contribution < -0.4 is 5.32 Å². The molecule has 1 aromatic rings. The molecular formula is C12H14FNO2S. The maximum atomic E-state index is 13.7. The van der Waals surface area contributed by atoms with E-state index >= 15 is 0 Å². The van der Waals surface area contributed by atoms with Gasteiger partial charge in [-0.15, -0.1) is 0 Å². The number of benzene rings is 1. The molecule has 5 heteroatoms. The van der Waals surface area contributed by atoms with Crippen LogP contribution in [-0.2, 0) is 9.84 Å². The first-order valence-electron chi connectivity index (χ1n) is 5.45. The van der Waals surface area contributed by atoms with Gasteiger partial charge in [0, 0.05) is 11.0 Å². The minimum Gasteiger partial charge on any atom is -0.320 e. The quantitative estimate of drug-likeness (QED) is 0.836. The molecule has 0 saturated carbocycles. The molecule has 1 heterocycles. The largest absolute Gasteiger partial charge is 0.320 e. The number of nitrogens with one attached hydrogen (secondary N) is 1. The smallest absolute Gasteiger partial charge is 0.200 e. The number of hydrogen-bond acceptors (Lipinski definition) is 3. The van der Waals surface area contributed by atoms with Gasteiger partial charge in [0.2, 0.25) is 9.84 Å². The Kier molecular flexibility index (Phi) is 3.31. The van der Waals surface area contributed by atoms with Crippen molar-refractivity contribution in [3.05, 3.63) is 35.0 Å². The summed E-state index contributed by atoms with van der Waals surface area (Å²) in [5, 5.41) is 4.17. The Hall–Kier alpha value is -1.20. The first-order chi connectivity index (χ1) is 8.06. The first-order valence-corrected chi connectivity index (χ1v) is 7.00. The third kappa shape index (κ3) is 2.25. The number of rotatable bonds is 4. The molecule has 17 heavy (non-hydrogen) atoms. The van der Waals surface area contributed by atoms with E-state index in [9.17, 15) is 12.8 Å². The lowest BCUT2D eigenvalue weighted by molar-refractivity contribution is 0.599. The van der Waals surface area contributed by atoms with E-state index in [1.54, 1.807) is 0 Å². The predicted octanol–water partition coefficient (Wildman–Crippen LogP) is 1.95. The average molecular weight is 255 g/mol. The highest BCUT2D eigenvalue weighted by molar-refractivity contribution is 7.95. The second-order valence-corrected chi connectivity index (χ2v) is 5.77. The van der Waals surface area contributed by atoms with E-state index in [-0.39, 0.29) is 10.5 Å². The van der Waals surface area contributed by atoms with Gasteiger partial charge in [0.25, 0.3) is 0 Å². The maximum absolute atomic E-state index is 13.7. The summed E-state index contributed by atoms with van der Waals surface area (Å²) in [7, 11) is -1.61. The van der Waals surface area contributed by atoms with Crippen LogP contribution in [0.15, 0.2) is 28.5 Å². The summed E-state index contributed by atoms with van der Waals surface area (Å²) in [4.78, 5) is 0.0944. The molecule has 1 aliphatic heterocycles. The second-order valence-electron chi connectivity index (χ2n) is 4.01. The van der Waals surface area contributed by atoms with Gasteiger partial charge >= 0.3 is 0 Å². The highest BCUT2D eigenvalue weighted by atomic mass is 32.2. The van der Waals surface area contributed by atoms with Crippen LogP contribution in [0.4, 0.5) is 4.39 Å². The Morgan fingerprint density at radius 2 is 2.12 bits per heavy atom. The summed E-state index contributed by atoms with van der Waals surface area (Å²) in [5.41, 5.74) is 0.831. The summed E-state index contributed by atoms with van der Waals surface area (Å²) in [5.74, 6) is -0.459. The lowest BCUT2D eigenvalue weighted by Gasteiger charge is -2.05. The van der Waals surface area contributed by atoms with E-state index < -0.39 is 15.7 Å². The average Bonchev–Trinajstić information content (AvgIpc) is 2.53. The summed E-state index contributed by atoms with van der Waals surface area (Å²) in [6, 6.07) is 4.18. The molecule has 0 aliphatic carbocycles. The standard InChI is InChI=1S/C12H14FNO2S/c1-14-7-3-4-9-8-17(15,16)11-6-2-5-10(13)12(9)11/h2,5-6,8,14H,3-4,7H2,1H3. The summed E-state index contributed by atoms with van der Waals surface area (Å²) < 4.78 is 37.3. The fourth-order valence-corrected chi connectivity index (χ4v) is 3.52. The van der Waals surface area contributed by atoms with Crippen LogP contribution in [0, 0.1) is 5.82 Å². The van der Waals surface area contributed by atoms with Crippen molar-refractivity contribution in [3.63, 3.8) is 0 Å². The van der Waals surface area contributed by atoms with Gasteiger partial charge in [-0.05, 0) is 44.1 Å². The van der Waals surface area contributed by atoms with Gasteiger partial charge in [-0.25, -0.2) is 12.8 Å². The Morgan fingerprint density at radius 1 is 1.35 bits per heavy atom. The van der Waals surface area contributed by atoms with E-state index in [0.29, 0.717) is 12.0 Å². The SMILES string of the molecule is CNCCCC1=CS(=O)(=O)c2cccc(F)c21. The molecule has 0 amide bonds. The van der Waals surface area contributed by atoms with Crippen LogP contribution in [-0.4, -0.2) is 22.0 Å². The van der Waals surface area contributed by atoms with Crippen LogP contribution in [0.25, 0.3) is 5.57 Å². The Labute approximate surface area is 100 Å². The van der Waals surface area contributed by atoms with Crippen LogP contribution in [0.5, 0.6) is 0 Å². The highest BCUT2D eigenvalue weighted by Crippen LogP contribution is 2.37. The molecule has 0 spiro atoms. The number of fused-ring (bicyclic) bond motifs is 1. The van der Waals surface area contributed by atoms with Gasteiger partial charge in [0.15, 0.2) is 0 Å². The molecule has 3 nitrogen and oxygen atoms in total. The van der Waals surface area contributed by atoms with Gasteiger partial charge < -0.3 is 5.32 Å². The molecule has 1 aromatic carbocycles. The highest BCUT2D eigenvalue weighted by Gasteiger charge is 2.28. The first kappa shape index (κ1) is 12.3. The van der Waals surface area contributed by atoms with Gasteiger partial charge in [-0.1, -0.05) is 6.07 Å². The van der Waals surface area contributed by atoms with Crippen molar-refractivity contribution >= 4 is 15.4 Å². The Bertz CT molecular complexity index is 564. The van der Waals surface area contributed by atoms with Gasteiger partial charge in [-0.3, -0.25) is 0 Å². The molecular weight excluding hydrogens is 241 g/mol. The minimum absolute atomic E-state index is 0.0944. The van der Waals surface area contributed by atoms with Crippen LogP contribution in [0.1, 0.15) is 18.4 Å². The van der Waals surface area contributed by atoms with Gasteiger partial charge in [0.1, 0.15) is 5.82 Å². The number of halogens is 1. The van der Waals surface area contributed by atoms with Crippen molar-refractivity contribution < 1.29 is 12.8 Å². The van der Waals surface area contributed by atoms with Gasteiger partial charge in [-0.2, -0.15) is 0 Å². The zero-order valence-corrected chi connectivity index (χ0v) is 10.3. The molecule has 1 N–H and O–H groups in total. The van der Waals surface area contributed by atoms with Crippen molar-refractivity contribution in [1.29, 1.82) is 0 Å². The van der Waals surface area contributed by atoms with Crippen LogP contribution in [0.3, 0.4) is 0 Å². The lowest BCUT2D eigenvalue weighted by atomic mass is 10.0. The fourth-order valence-electron chi connectivity index (χ4n) is 2.00. The monoisotopic (exact) mass is 255 g/mol. The maximum Gasteiger partial charge on any atom is 0.200 e. The van der Waals surface area contributed by atoms with E-state index in [1.165, 1.54) is 23.6 Å². The van der Waals surface area contributed by atoms with Crippen molar-refractivity contribution in [2.75, 3.05) is 13.6 Å². The third-order valence-corrected chi connectivity index (χ3v) is 4.32. The van der Waals surface area contributed by atoms with E-state index in [0.717, 1.165) is 13.0 Å². The molecule has 92 valence electrons. The lowest BCUT2D eigenvalue weighted by Crippen LogP contribution is -2.07. The summed E-state index contributed by atoms with van der Waals surface area (Å²) in [6.45, 7) is 0.779. The normalized spacial score (nSPS) is 16.7. The van der Waals surface area contributed by atoms with Crippen molar-refractivity contribution in [2.24, 2.45) is 0 Å². The van der Waals surface area contributed by atoms with Gasteiger partial charge in [0.05, 0.1) is 4.90 Å². The molecule has 0 bridgehead atoms. The van der Waals surface area contributed by atoms with Crippen molar-refractivity contribution in [3.8, 4) is 0 Å². The van der Waals surface area contributed by atoms with Crippen LogP contribution >= 0.6 is 0 Å². The topological polar surface area (TPSA) is 46.2 Å². The molecule has 0 unspecified atom stereocenters. The molecule has 0 fully saturated rings. The molecule has 0 radical (unpaired) electrons. The van der Waals surface area contributed by atoms with Crippen molar-refractivity contribution in [2.45, 2.75) is 17.7 Å². The predicted molar refractivity (Wildman–Crippen MR) is 64.7 cm³/mol. The molecule has 2 rings (SSSR count). The molecule has 0 atom stereocenters. The molecule has 1 aliphatic rings. The second kappa shape index (κ2) is 4.58. The Morgan fingerprint density at radius 3 is 2.82 bits per heavy atom. The zero-order valence-electron chi connectivity index (χ0n) is 9.53. The number of allylic oxidation sites excluding steroid dienone is 1. The fraction of sp³-hybridized carbons (Fsp3) is 0.333. The summed E-state index contributed by atoms with van der Waals surface area (Å²) >= 11 is 0. The number of hydrogen-bond donors (Lipinski definition) is 1. The minimum atomic E-state index is -3.44. The Balaban J connectivity index is 2.38.